The molecule has 0 bridgehead atoms. The fourth-order valence-electron chi connectivity index (χ4n) is 1.32. The van der Waals surface area contributed by atoms with Crippen molar-refractivity contribution in [2.24, 2.45) is 0 Å². The Hall–Kier alpha value is -1.09. The van der Waals surface area contributed by atoms with Crippen molar-refractivity contribution in [2.75, 3.05) is 6.61 Å². The van der Waals surface area contributed by atoms with Crippen molar-refractivity contribution in [3.8, 4) is 5.75 Å². The molecule has 0 aliphatic carbocycles. The first-order valence-corrected chi connectivity index (χ1v) is 5.41. The van der Waals surface area contributed by atoms with Crippen LogP contribution in [0.1, 0.15) is 31.7 Å². The molecule has 0 radical (unpaired) electrons. The summed E-state index contributed by atoms with van der Waals surface area (Å²) < 4.78 is 5.57. The third-order valence-corrected chi connectivity index (χ3v) is 2.20. The van der Waals surface area contributed by atoms with Gasteiger partial charge in [-0.2, -0.15) is 0 Å². The van der Waals surface area contributed by atoms with Crippen molar-refractivity contribution in [2.45, 2.75) is 39.7 Å². The van der Waals surface area contributed by atoms with E-state index in [1.807, 2.05) is 19.1 Å². The van der Waals surface area contributed by atoms with Crippen LogP contribution in [0.25, 0.3) is 0 Å². The molecule has 15 heavy (non-hydrogen) atoms. The van der Waals surface area contributed by atoms with Gasteiger partial charge in [0, 0.05) is 12.1 Å². The van der Waals surface area contributed by atoms with E-state index in [4.69, 9.17) is 9.84 Å². The number of aliphatic hydroxyl groups is 1. The van der Waals surface area contributed by atoms with E-state index in [0.717, 1.165) is 23.6 Å². The Balaban J connectivity index is 2.60. The van der Waals surface area contributed by atoms with Gasteiger partial charge in [-0.05, 0) is 32.4 Å². The molecule has 1 aromatic rings. The maximum atomic E-state index is 9.11. The van der Waals surface area contributed by atoms with Gasteiger partial charge in [0.15, 0.2) is 0 Å². The molecule has 1 aromatic heterocycles. The second-order valence-corrected chi connectivity index (χ2v) is 3.74. The van der Waals surface area contributed by atoms with Crippen LogP contribution in [0.5, 0.6) is 5.75 Å². The van der Waals surface area contributed by atoms with E-state index in [2.05, 4.69) is 11.9 Å². The highest BCUT2D eigenvalue weighted by atomic mass is 16.5. The third kappa shape index (κ3) is 3.88. The Morgan fingerprint density at radius 3 is 2.80 bits per heavy atom. The highest BCUT2D eigenvalue weighted by Crippen LogP contribution is 2.17. The standard InChI is InChI=1S/C12H19NO2/c1-4-11-12(6-5-9(2)13-11)15-8-7-10(3)14/h5-6,10,14H,4,7-8H2,1-3H3. The van der Waals surface area contributed by atoms with Gasteiger partial charge in [-0.1, -0.05) is 6.92 Å². The maximum Gasteiger partial charge on any atom is 0.140 e. The van der Waals surface area contributed by atoms with Gasteiger partial charge >= 0.3 is 0 Å². The Morgan fingerprint density at radius 2 is 2.20 bits per heavy atom. The van der Waals surface area contributed by atoms with E-state index in [0.29, 0.717) is 13.0 Å². The van der Waals surface area contributed by atoms with Gasteiger partial charge in [0.05, 0.1) is 18.4 Å². The number of aromatic nitrogens is 1. The van der Waals surface area contributed by atoms with E-state index in [1.54, 1.807) is 6.92 Å². The molecule has 0 aromatic carbocycles. The number of nitrogens with zero attached hydrogens (tertiary/aromatic N) is 1. The molecule has 0 spiro atoms. The van der Waals surface area contributed by atoms with Crippen molar-refractivity contribution in [1.82, 2.24) is 4.98 Å². The fraction of sp³-hybridized carbons (Fsp3) is 0.583. The molecule has 3 heteroatoms. The third-order valence-electron chi connectivity index (χ3n) is 2.20. The summed E-state index contributed by atoms with van der Waals surface area (Å²) in [6.07, 6.45) is 1.21. The minimum Gasteiger partial charge on any atom is -0.492 e. The number of pyridine rings is 1. The molecule has 0 saturated heterocycles. The lowest BCUT2D eigenvalue weighted by molar-refractivity contribution is 0.155. The first-order chi connectivity index (χ1) is 7.13. The van der Waals surface area contributed by atoms with E-state index in [1.165, 1.54) is 0 Å². The highest BCUT2D eigenvalue weighted by molar-refractivity contribution is 5.29. The van der Waals surface area contributed by atoms with Gasteiger partial charge in [0.2, 0.25) is 0 Å². The summed E-state index contributed by atoms with van der Waals surface area (Å²) in [5.74, 6) is 0.837. The number of rotatable bonds is 5. The van der Waals surface area contributed by atoms with Crippen LogP contribution in [-0.2, 0) is 6.42 Å². The zero-order valence-corrected chi connectivity index (χ0v) is 9.66. The Morgan fingerprint density at radius 1 is 1.47 bits per heavy atom. The number of aryl methyl sites for hydroxylation is 2. The van der Waals surface area contributed by atoms with Gasteiger partial charge in [-0.3, -0.25) is 4.98 Å². The summed E-state index contributed by atoms with van der Waals surface area (Å²) in [5.41, 5.74) is 2.00. The average molecular weight is 209 g/mol. The first-order valence-electron chi connectivity index (χ1n) is 5.41. The molecular weight excluding hydrogens is 190 g/mol. The Bertz CT molecular complexity index is 310. The van der Waals surface area contributed by atoms with E-state index in [-0.39, 0.29) is 6.10 Å². The monoisotopic (exact) mass is 209 g/mol. The van der Waals surface area contributed by atoms with E-state index >= 15 is 0 Å². The number of aliphatic hydroxyl groups excluding tert-OH is 1. The lowest BCUT2D eigenvalue weighted by Crippen LogP contribution is -2.09. The summed E-state index contributed by atoms with van der Waals surface area (Å²) in [5, 5.41) is 9.11. The topological polar surface area (TPSA) is 42.4 Å². The van der Waals surface area contributed by atoms with Crippen LogP contribution in [0, 0.1) is 6.92 Å². The van der Waals surface area contributed by atoms with Gasteiger partial charge in [-0.25, -0.2) is 0 Å². The number of ether oxygens (including phenoxy) is 1. The predicted molar refractivity (Wildman–Crippen MR) is 60.1 cm³/mol. The maximum absolute atomic E-state index is 9.11. The first kappa shape index (κ1) is 12.0. The van der Waals surface area contributed by atoms with Crippen LogP contribution >= 0.6 is 0 Å². The van der Waals surface area contributed by atoms with Gasteiger partial charge in [0.25, 0.3) is 0 Å². The summed E-state index contributed by atoms with van der Waals surface area (Å²) >= 11 is 0. The zero-order valence-electron chi connectivity index (χ0n) is 9.66. The van der Waals surface area contributed by atoms with Crippen LogP contribution in [-0.4, -0.2) is 22.8 Å². The molecule has 1 N–H and O–H groups in total. The predicted octanol–water partition coefficient (Wildman–Crippen LogP) is 2.10. The van der Waals surface area contributed by atoms with Crippen molar-refractivity contribution in [3.63, 3.8) is 0 Å². The average Bonchev–Trinajstić information content (AvgIpc) is 2.19. The minimum absolute atomic E-state index is 0.312. The molecule has 0 aliphatic rings. The van der Waals surface area contributed by atoms with E-state index < -0.39 is 0 Å². The SMILES string of the molecule is CCc1nc(C)ccc1OCCC(C)O. The number of hydrogen-bond donors (Lipinski definition) is 1. The molecule has 84 valence electrons. The Kier molecular flexibility index (Phi) is 4.56. The molecule has 1 unspecified atom stereocenters. The summed E-state index contributed by atoms with van der Waals surface area (Å²) in [4.78, 5) is 4.40. The minimum atomic E-state index is -0.312. The highest BCUT2D eigenvalue weighted by Gasteiger charge is 2.04. The summed E-state index contributed by atoms with van der Waals surface area (Å²) in [6, 6.07) is 3.89. The van der Waals surface area contributed by atoms with Crippen molar-refractivity contribution < 1.29 is 9.84 Å². The van der Waals surface area contributed by atoms with Gasteiger partial charge < -0.3 is 9.84 Å². The molecule has 3 nitrogen and oxygen atoms in total. The smallest absolute Gasteiger partial charge is 0.140 e. The van der Waals surface area contributed by atoms with Crippen molar-refractivity contribution in [1.29, 1.82) is 0 Å². The van der Waals surface area contributed by atoms with E-state index in [9.17, 15) is 0 Å². The lowest BCUT2D eigenvalue weighted by Gasteiger charge is -2.11. The van der Waals surface area contributed by atoms with Crippen molar-refractivity contribution in [3.05, 3.63) is 23.5 Å². The second kappa shape index (κ2) is 5.71. The molecule has 0 fully saturated rings. The van der Waals surface area contributed by atoms with Crippen LogP contribution in [0.15, 0.2) is 12.1 Å². The van der Waals surface area contributed by atoms with Crippen LogP contribution in [0.3, 0.4) is 0 Å². The molecular formula is C12H19NO2. The summed E-state index contributed by atoms with van der Waals surface area (Å²) in [6.45, 7) is 6.33. The molecule has 1 rings (SSSR count). The molecule has 0 saturated carbocycles. The van der Waals surface area contributed by atoms with Crippen molar-refractivity contribution >= 4 is 0 Å². The van der Waals surface area contributed by atoms with Crippen LogP contribution < -0.4 is 4.74 Å². The second-order valence-electron chi connectivity index (χ2n) is 3.74. The molecule has 0 aliphatic heterocycles. The largest absolute Gasteiger partial charge is 0.492 e. The van der Waals surface area contributed by atoms with Crippen LogP contribution in [0.2, 0.25) is 0 Å². The van der Waals surface area contributed by atoms with Gasteiger partial charge in [0.1, 0.15) is 5.75 Å². The molecule has 0 amide bonds. The molecule has 1 heterocycles. The Labute approximate surface area is 91.1 Å². The fourth-order valence-corrected chi connectivity index (χ4v) is 1.32. The number of hydrogen-bond acceptors (Lipinski definition) is 3. The normalized spacial score (nSPS) is 12.5. The van der Waals surface area contributed by atoms with Gasteiger partial charge in [-0.15, -0.1) is 0 Å². The lowest BCUT2D eigenvalue weighted by atomic mass is 10.2. The molecule has 1 atom stereocenters. The summed E-state index contributed by atoms with van der Waals surface area (Å²) in [7, 11) is 0. The van der Waals surface area contributed by atoms with Crippen LogP contribution in [0.4, 0.5) is 0 Å². The zero-order chi connectivity index (χ0) is 11.3. The quantitative estimate of drug-likeness (QED) is 0.807.